The van der Waals surface area contributed by atoms with E-state index in [2.05, 4.69) is 20.1 Å². The fraction of sp³-hybridized carbons (Fsp3) is 0.320. The van der Waals surface area contributed by atoms with Gasteiger partial charge in [-0.1, -0.05) is 53.6 Å². The Balaban J connectivity index is 1.56. The summed E-state index contributed by atoms with van der Waals surface area (Å²) in [5, 5.41) is 16.1. The first-order valence-electron chi connectivity index (χ1n) is 12.2. The van der Waals surface area contributed by atoms with Crippen molar-refractivity contribution < 1.29 is 28.3 Å². The summed E-state index contributed by atoms with van der Waals surface area (Å²) in [5.41, 5.74) is 8.76. The number of aliphatic carboxylic acids is 1. The van der Waals surface area contributed by atoms with Crippen LogP contribution in [0.4, 0.5) is 0 Å². The number of azide groups is 1. The van der Waals surface area contributed by atoms with Crippen LogP contribution in [0.3, 0.4) is 0 Å². The van der Waals surface area contributed by atoms with Crippen LogP contribution < -0.4 is 20.9 Å². The molecule has 1 aliphatic rings. The van der Waals surface area contributed by atoms with Gasteiger partial charge in [-0.15, -0.1) is 0 Å². The molecule has 210 valence electrons. The Morgan fingerprint density at radius 2 is 1.93 bits per heavy atom. The van der Waals surface area contributed by atoms with E-state index in [0.717, 1.165) is 4.57 Å². The van der Waals surface area contributed by atoms with Gasteiger partial charge in [0.05, 0.1) is 18.8 Å². The van der Waals surface area contributed by atoms with Crippen molar-refractivity contribution in [2.24, 2.45) is 5.11 Å². The minimum Gasteiger partial charge on any atom is -0.480 e. The molecule has 4 rings (SSSR count). The minimum absolute atomic E-state index is 0.0144. The van der Waals surface area contributed by atoms with Gasteiger partial charge in [0, 0.05) is 23.1 Å². The van der Waals surface area contributed by atoms with E-state index in [1.54, 1.807) is 48.5 Å². The largest absolute Gasteiger partial charge is 0.480 e. The van der Waals surface area contributed by atoms with E-state index >= 15 is 0 Å². The molecule has 2 heterocycles. The van der Waals surface area contributed by atoms with Gasteiger partial charge in [0.15, 0.2) is 0 Å². The highest BCUT2D eigenvalue weighted by Crippen LogP contribution is 2.46. The number of nitrogens with one attached hydrogen (secondary N) is 2. The molecule has 3 N–H and O–H groups in total. The van der Waals surface area contributed by atoms with Crippen LogP contribution in [0.5, 0.6) is 5.75 Å². The lowest BCUT2D eigenvalue weighted by Crippen LogP contribution is -2.39. The van der Waals surface area contributed by atoms with Gasteiger partial charge in [0.1, 0.15) is 18.0 Å². The molecule has 1 aromatic heterocycles. The van der Waals surface area contributed by atoms with Gasteiger partial charge in [-0.05, 0) is 36.6 Å². The van der Waals surface area contributed by atoms with Gasteiger partial charge in [-0.2, -0.15) is 5.09 Å². The summed E-state index contributed by atoms with van der Waals surface area (Å²) in [7, 11) is -4.36. The number of aromatic amines is 1. The molecule has 0 amide bonds. The molecule has 15 heteroatoms. The number of ether oxygens (including phenoxy) is 1. The molecule has 2 aromatic carbocycles. The molecule has 0 spiro atoms. The van der Waals surface area contributed by atoms with Gasteiger partial charge in [0.2, 0.25) is 0 Å². The van der Waals surface area contributed by atoms with Gasteiger partial charge >= 0.3 is 19.4 Å². The SMILES string of the molecule is Cc1cn([C@H]2C[C@H](N=[N+]=[N-])[C@@H](COP(=O)(N[C@H](Cc3ccccc3)C(=O)O)Oc3ccccc3)O2)c(=O)[nH]c1=O. The van der Waals surface area contributed by atoms with Crippen LogP contribution in [-0.4, -0.2) is 45.4 Å². The maximum atomic E-state index is 13.9. The number of hydrogen-bond donors (Lipinski definition) is 3. The number of carbonyl (C=O) groups is 1. The van der Waals surface area contributed by atoms with Crippen LogP contribution in [0, 0.1) is 6.92 Å². The number of carboxylic acid groups (broad SMARTS) is 1. The molecule has 40 heavy (non-hydrogen) atoms. The molecule has 0 saturated carbocycles. The van der Waals surface area contributed by atoms with Gasteiger partial charge in [0.25, 0.3) is 5.56 Å². The second kappa shape index (κ2) is 12.8. The van der Waals surface area contributed by atoms with Crippen LogP contribution in [0.15, 0.2) is 81.6 Å². The van der Waals surface area contributed by atoms with Gasteiger partial charge in [-0.3, -0.25) is 23.7 Å². The molecule has 14 nitrogen and oxygen atoms in total. The highest BCUT2D eigenvalue weighted by Gasteiger charge is 2.40. The average molecular weight is 570 g/mol. The van der Waals surface area contributed by atoms with Crippen molar-refractivity contribution in [3.63, 3.8) is 0 Å². The number of para-hydroxylation sites is 1. The molecule has 1 aliphatic heterocycles. The summed E-state index contributed by atoms with van der Waals surface area (Å²) in [4.78, 5) is 41.2. The molecular weight excluding hydrogens is 543 g/mol. The molecule has 0 radical (unpaired) electrons. The lowest BCUT2D eigenvalue weighted by atomic mass is 10.1. The predicted octanol–water partition coefficient (Wildman–Crippen LogP) is 3.30. The summed E-state index contributed by atoms with van der Waals surface area (Å²) < 4.78 is 32.3. The van der Waals surface area contributed by atoms with Crippen LogP contribution >= 0.6 is 7.75 Å². The Kier molecular flexibility index (Phi) is 9.20. The van der Waals surface area contributed by atoms with Gasteiger partial charge in [-0.25, -0.2) is 9.36 Å². The predicted molar refractivity (Wildman–Crippen MR) is 143 cm³/mol. The van der Waals surface area contributed by atoms with Crippen molar-refractivity contribution >= 4 is 13.7 Å². The summed E-state index contributed by atoms with van der Waals surface area (Å²) in [5.74, 6) is -1.12. The molecule has 1 fully saturated rings. The zero-order chi connectivity index (χ0) is 28.7. The molecule has 0 aliphatic carbocycles. The molecule has 0 bridgehead atoms. The first-order valence-corrected chi connectivity index (χ1v) is 13.8. The first-order chi connectivity index (χ1) is 19.2. The number of rotatable bonds is 12. The lowest BCUT2D eigenvalue weighted by molar-refractivity contribution is -0.139. The van der Waals surface area contributed by atoms with Crippen LogP contribution in [0.2, 0.25) is 0 Å². The Hall–Kier alpha value is -4.19. The number of aromatic nitrogens is 2. The Labute approximate surface area is 227 Å². The van der Waals surface area contributed by atoms with E-state index in [0.29, 0.717) is 5.56 Å². The van der Waals surface area contributed by atoms with E-state index in [1.165, 1.54) is 25.3 Å². The van der Waals surface area contributed by atoms with Crippen LogP contribution in [0.1, 0.15) is 23.8 Å². The number of carboxylic acids is 1. The van der Waals surface area contributed by atoms with E-state index in [4.69, 9.17) is 19.3 Å². The van der Waals surface area contributed by atoms with Crippen LogP contribution in [-0.2, 0) is 25.0 Å². The molecule has 3 aromatic rings. The number of aryl methyl sites for hydroxylation is 1. The third kappa shape index (κ3) is 7.26. The summed E-state index contributed by atoms with van der Waals surface area (Å²) in [6.45, 7) is 1.08. The second-order valence-electron chi connectivity index (χ2n) is 9.02. The van der Waals surface area contributed by atoms with Crippen molar-refractivity contribution in [1.29, 1.82) is 0 Å². The lowest BCUT2D eigenvalue weighted by Gasteiger charge is -2.25. The Morgan fingerprint density at radius 1 is 1.25 bits per heavy atom. The second-order valence-corrected chi connectivity index (χ2v) is 10.7. The third-order valence-corrected chi connectivity index (χ3v) is 7.70. The van der Waals surface area contributed by atoms with Crippen LogP contribution in [0.25, 0.3) is 10.4 Å². The molecular formula is C25H27N6O8P. The van der Waals surface area contributed by atoms with E-state index in [9.17, 15) is 24.1 Å². The zero-order valence-corrected chi connectivity index (χ0v) is 22.2. The minimum atomic E-state index is -4.36. The summed E-state index contributed by atoms with van der Waals surface area (Å²) in [6.07, 6.45) is -0.522. The van der Waals surface area contributed by atoms with Crippen molar-refractivity contribution in [3.05, 3.63) is 109 Å². The van der Waals surface area contributed by atoms with E-state index in [1.807, 2.05) is 0 Å². The monoisotopic (exact) mass is 570 g/mol. The fourth-order valence-corrected chi connectivity index (χ4v) is 5.64. The van der Waals surface area contributed by atoms with E-state index in [-0.39, 0.29) is 24.2 Å². The smallest absolute Gasteiger partial charge is 0.459 e. The number of hydrogen-bond acceptors (Lipinski definition) is 8. The van der Waals surface area contributed by atoms with E-state index < -0.39 is 56.0 Å². The number of H-pyrrole nitrogens is 1. The number of nitrogens with zero attached hydrogens (tertiary/aromatic N) is 4. The van der Waals surface area contributed by atoms with Crippen molar-refractivity contribution in [2.75, 3.05) is 6.61 Å². The number of benzene rings is 2. The molecule has 5 atom stereocenters. The first kappa shape index (κ1) is 28.8. The quantitative estimate of drug-likeness (QED) is 0.127. The zero-order valence-electron chi connectivity index (χ0n) is 21.3. The highest BCUT2D eigenvalue weighted by atomic mass is 31.2. The molecule has 1 saturated heterocycles. The molecule has 1 unspecified atom stereocenters. The maximum absolute atomic E-state index is 13.9. The topological polar surface area (TPSA) is 198 Å². The van der Waals surface area contributed by atoms with Crippen molar-refractivity contribution in [1.82, 2.24) is 14.6 Å². The normalized spacial score (nSPS) is 20.7. The third-order valence-electron chi connectivity index (χ3n) is 6.13. The highest BCUT2D eigenvalue weighted by molar-refractivity contribution is 7.52. The Bertz CT molecular complexity index is 1540. The van der Waals surface area contributed by atoms with Crippen molar-refractivity contribution in [2.45, 2.75) is 44.2 Å². The van der Waals surface area contributed by atoms with Gasteiger partial charge < -0.3 is 14.4 Å². The Morgan fingerprint density at radius 3 is 2.58 bits per heavy atom. The maximum Gasteiger partial charge on any atom is 0.459 e. The summed E-state index contributed by atoms with van der Waals surface area (Å²) in [6, 6.07) is 14.7. The average Bonchev–Trinajstić information content (AvgIpc) is 3.33. The standard InChI is InChI=1S/C25H27N6O8P/c1-16-14-31(25(35)27-23(16)32)22-13-19(28-30-26)21(38-22)15-37-40(36,39-18-10-6-3-7-11-18)29-20(24(33)34)12-17-8-4-2-5-9-17/h2-11,14,19-22H,12-13,15H2,1H3,(H,29,36)(H,33,34)(H,27,32,35)/t19-,20+,21+,22+,40?/m0/s1. The fourth-order valence-electron chi connectivity index (χ4n) is 4.13. The van der Waals surface area contributed by atoms with Crippen molar-refractivity contribution in [3.8, 4) is 5.75 Å². The summed E-state index contributed by atoms with van der Waals surface area (Å²) >= 11 is 0.